The van der Waals surface area contributed by atoms with Gasteiger partial charge in [0.15, 0.2) is 0 Å². The lowest BCUT2D eigenvalue weighted by atomic mass is 9.89. The lowest BCUT2D eigenvalue weighted by Crippen LogP contribution is -2.60. The van der Waals surface area contributed by atoms with Crippen molar-refractivity contribution >= 4 is 35.5 Å². The number of hydrogen-bond acceptors (Lipinski definition) is 8. The van der Waals surface area contributed by atoms with Gasteiger partial charge in [-0.2, -0.15) is 0 Å². The molecular formula is C43H71N5O9. The molecule has 0 unspecified atom stereocenters. The predicted octanol–water partition coefficient (Wildman–Crippen LogP) is 4.00. The molecule has 0 aliphatic carbocycles. The maximum atomic E-state index is 14.4. The summed E-state index contributed by atoms with van der Waals surface area (Å²) in [4.78, 5) is 85.7. The Bertz CT molecular complexity index is 1490. The maximum absolute atomic E-state index is 14.4. The van der Waals surface area contributed by atoms with Gasteiger partial charge in [0.2, 0.25) is 29.5 Å². The van der Waals surface area contributed by atoms with E-state index >= 15 is 0 Å². The van der Waals surface area contributed by atoms with E-state index in [1.807, 2.05) is 59.7 Å². The summed E-state index contributed by atoms with van der Waals surface area (Å²) in [6.45, 7) is 17.1. The highest BCUT2D eigenvalue weighted by molar-refractivity contribution is 5.93. The summed E-state index contributed by atoms with van der Waals surface area (Å²) < 4.78 is 11.9. The number of carbonyl (C=O) groups excluding carboxylic acids is 5. The van der Waals surface area contributed by atoms with Crippen molar-refractivity contribution in [3.8, 4) is 0 Å². The molecule has 0 aromatic heterocycles. The average molecular weight is 802 g/mol. The second kappa shape index (κ2) is 22.8. The van der Waals surface area contributed by atoms with E-state index in [0.29, 0.717) is 25.8 Å². The lowest BCUT2D eigenvalue weighted by molar-refractivity contribution is -0.149. The summed E-state index contributed by atoms with van der Waals surface area (Å²) >= 11 is 0. The van der Waals surface area contributed by atoms with E-state index in [0.717, 1.165) is 5.56 Å². The number of likely N-dealkylation sites (N-methyl/N-ethyl adjacent to an activating group) is 2. The first-order valence-electron chi connectivity index (χ1n) is 20.5. The fourth-order valence-electron chi connectivity index (χ4n) is 8.10. The number of ether oxygens (including phenoxy) is 2. The number of amides is 5. The van der Waals surface area contributed by atoms with Gasteiger partial charge in [-0.3, -0.25) is 24.0 Å². The SMILES string of the molecule is CC[C@H](C)[C@@H]([C@@H](CC(=O)N1CCC[C@H]1[C@H](OC)[C@@H](C)C(=O)N[C@@H](Cc1ccccc1)C(=O)O)OC)N(C)C(=O)[C@@H](NC(=O)[C@H](C(C)C)N(C)C(=O)C(C)C)C(C)C. The number of carboxylic acid groups (broad SMARTS) is 1. The second-order valence-electron chi connectivity index (χ2n) is 16.7. The molecule has 1 saturated heterocycles. The molecule has 1 aromatic rings. The number of likely N-dealkylation sites (tertiary alicyclic amines) is 1. The van der Waals surface area contributed by atoms with Crippen LogP contribution in [0.4, 0.5) is 0 Å². The van der Waals surface area contributed by atoms with Crippen LogP contribution in [0.25, 0.3) is 0 Å². The summed E-state index contributed by atoms with van der Waals surface area (Å²) in [6, 6.07) is 5.25. The summed E-state index contributed by atoms with van der Waals surface area (Å²) in [7, 11) is 6.29. The van der Waals surface area contributed by atoms with Crippen molar-refractivity contribution in [1.82, 2.24) is 25.3 Å². The van der Waals surface area contributed by atoms with E-state index in [1.165, 1.54) is 19.1 Å². The number of methoxy groups -OCH3 is 2. The smallest absolute Gasteiger partial charge is 0.326 e. The van der Waals surface area contributed by atoms with Crippen molar-refractivity contribution in [3.05, 3.63) is 35.9 Å². The van der Waals surface area contributed by atoms with Gasteiger partial charge in [0.05, 0.1) is 36.6 Å². The largest absolute Gasteiger partial charge is 0.480 e. The van der Waals surface area contributed by atoms with Gasteiger partial charge in [-0.05, 0) is 36.2 Å². The van der Waals surface area contributed by atoms with Gasteiger partial charge in [-0.1, -0.05) is 99.1 Å². The highest BCUT2D eigenvalue weighted by Crippen LogP contribution is 2.30. The minimum atomic E-state index is -1.15. The van der Waals surface area contributed by atoms with Gasteiger partial charge in [0.1, 0.15) is 18.1 Å². The zero-order chi connectivity index (χ0) is 43.3. The summed E-state index contributed by atoms with van der Waals surface area (Å²) in [5, 5.41) is 15.5. The molecule has 0 spiro atoms. The van der Waals surface area contributed by atoms with Crippen LogP contribution in [0.1, 0.15) is 93.6 Å². The van der Waals surface area contributed by atoms with Crippen LogP contribution >= 0.6 is 0 Å². The standard InChI is InChI=1S/C43H71N5O9/c1-14-28(8)37(47(11)42(53)35(25(2)3)45-40(51)36(26(4)5)46(10)41(52)27(6)7)33(56-12)24-34(49)48-22-18-21-32(48)38(57-13)29(9)39(50)44-31(43(54)55)23-30-19-16-15-17-20-30/h15-17,19-20,25-29,31-33,35-38H,14,18,21-24H2,1-13H3,(H,44,50)(H,45,51)(H,54,55)/t28-,29+,31-,32-,33+,35-,36-,37-,38+/m0/s1. The number of hydrogen-bond donors (Lipinski definition) is 3. The Labute approximate surface area is 340 Å². The third kappa shape index (κ3) is 13.0. The molecule has 9 atom stereocenters. The third-order valence-electron chi connectivity index (χ3n) is 11.5. The molecular weight excluding hydrogens is 730 g/mol. The molecule has 0 bridgehead atoms. The highest BCUT2D eigenvalue weighted by atomic mass is 16.5. The van der Waals surface area contributed by atoms with Crippen molar-refractivity contribution in [2.24, 2.45) is 29.6 Å². The number of nitrogens with zero attached hydrogens (tertiary/aromatic N) is 3. The Morgan fingerprint density at radius 3 is 1.95 bits per heavy atom. The van der Waals surface area contributed by atoms with Crippen LogP contribution in [0.3, 0.4) is 0 Å². The molecule has 2 rings (SSSR count). The maximum Gasteiger partial charge on any atom is 0.326 e. The fourth-order valence-corrected chi connectivity index (χ4v) is 8.10. The molecule has 322 valence electrons. The Kier molecular flexibility index (Phi) is 19.6. The van der Waals surface area contributed by atoms with E-state index < -0.39 is 66.1 Å². The van der Waals surface area contributed by atoms with Crippen LogP contribution in [-0.2, 0) is 44.7 Å². The number of aliphatic carboxylic acids is 1. The third-order valence-corrected chi connectivity index (χ3v) is 11.5. The van der Waals surface area contributed by atoms with Gasteiger partial charge in [-0.15, -0.1) is 0 Å². The van der Waals surface area contributed by atoms with Crippen molar-refractivity contribution in [2.45, 2.75) is 137 Å². The molecule has 57 heavy (non-hydrogen) atoms. The number of benzene rings is 1. The minimum Gasteiger partial charge on any atom is -0.480 e. The van der Waals surface area contributed by atoms with Crippen LogP contribution in [-0.4, -0.2) is 133 Å². The molecule has 3 N–H and O–H groups in total. The molecule has 1 fully saturated rings. The van der Waals surface area contributed by atoms with Gasteiger partial charge in [-0.25, -0.2) is 4.79 Å². The predicted molar refractivity (Wildman–Crippen MR) is 219 cm³/mol. The first kappa shape index (κ1) is 49.1. The second-order valence-corrected chi connectivity index (χ2v) is 16.7. The first-order valence-corrected chi connectivity index (χ1v) is 20.5. The van der Waals surface area contributed by atoms with Crippen LogP contribution in [0.2, 0.25) is 0 Å². The first-order chi connectivity index (χ1) is 26.7. The normalized spacial score (nSPS) is 18.6. The molecule has 1 heterocycles. The Balaban J connectivity index is 2.30. The molecule has 1 aliphatic heterocycles. The van der Waals surface area contributed by atoms with E-state index in [9.17, 15) is 33.9 Å². The van der Waals surface area contributed by atoms with E-state index in [4.69, 9.17) is 9.47 Å². The highest BCUT2D eigenvalue weighted by Gasteiger charge is 2.43. The molecule has 1 aromatic carbocycles. The lowest BCUT2D eigenvalue weighted by Gasteiger charge is -2.41. The molecule has 14 nitrogen and oxygen atoms in total. The topological polar surface area (TPSA) is 175 Å². The Hall–Kier alpha value is -4.04. The van der Waals surface area contributed by atoms with E-state index in [-0.39, 0.29) is 54.2 Å². The molecule has 0 radical (unpaired) electrons. The zero-order valence-corrected chi connectivity index (χ0v) is 36.6. The molecule has 14 heteroatoms. The average Bonchev–Trinajstić information content (AvgIpc) is 3.65. The Morgan fingerprint density at radius 1 is 0.842 bits per heavy atom. The van der Waals surface area contributed by atoms with Crippen LogP contribution in [0, 0.1) is 29.6 Å². The monoisotopic (exact) mass is 802 g/mol. The van der Waals surface area contributed by atoms with Gasteiger partial charge in [0.25, 0.3) is 0 Å². The zero-order valence-electron chi connectivity index (χ0n) is 36.6. The van der Waals surface area contributed by atoms with Crippen molar-refractivity contribution in [2.75, 3.05) is 34.9 Å². The summed E-state index contributed by atoms with van der Waals surface area (Å²) in [6.07, 6.45) is 0.603. The van der Waals surface area contributed by atoms with E-state index in [1.54, 1.807) is 56.8 Å². The Morgan fingerprint density at radius 2 is 1.46 bits per heavy atom. The van der Waals surface area contributed by atoms with E-state index in [2.05, 4.69) is 10.6 Å². The van der Waals surface area contributed by atoms with Gasteiger partial charge >= 0.3 is 5.97 Å². The number of carbonyl (C=O) groups is 6. The number of nitrogens with one attached hydrogen (secondary N) is 2. The van der Waals surface area contributed by atoms with Crippen LogP contribution < -0.4 is 10.6 Å². The molecule has 5 amide bonds. The van der Waals surface area contributed by atoms with Gasteiger partial charge in [0, 0.05) is 47.2 Å². The molecule has 0 saturated carbocycles. The number of rotatable bonds is 22. The number of carboxylic acids is 1. The van der Waals surface area contributed by atoms with Crippen LogP contribution in [0.15, 0.2) is 30.3 Å². The van der Waals surface area contributed by atoms with Crippen molar-refractivity contribution in [3.63, 3.8) is 0 Å². The fraction of sp³-hybridized carbons (Fsp3) is 0.721. The van der Waals surface area contributed by atoms with Crippen molar-refractivity contribution in [1.29, 1.82) is 0 Å². The molecule has 1 aliphatic rings. The summed E-state index contributed by atoms with van der Waals surface area (Å²) in [5.41, 5.74) is 0.774. The minimum absolute atomic E-state index is 0.0506. The quantitative estimate of drug-likeness (QED) is 0.157. The van der Waals surface area contributed by atoms with Crippen LogP contribution in [0.5, 0.6) is 0 Å². The summed E-state index contributed by atoms with van der Waals surface area (Å²) in [5.74, 6) is -4.43. The van der Waals surface area contributed by atoms with Crippen molar-refractivity contribution < 1.29 is 43.3 Å². The van der Waals surface area contributed by atoms with Gasteiger partial charge < -0.3 is 39.9 Å².